The molecular formula is C38H42Cl2N6O12. The van der Waals surface area contributed by atoms with Crippen LogP contribution in [0.5, 0.6) is 0 Å². The Hall–Kier alpha value is -6.27. The second-order valence-corrected chi connectivity index (χ2v) is 13.7. The average Bonchev–Trinajstić information content (AvgIpc) is 3.77. The summed E-state index contributed by atoms with van der Waals surface area (Å²) in [6.45, 7) is 1.73. The molecule has 0 saturated heterocycles. The van der Waals surface area contributed by atoms with E-state index in [1.165, 1.54) is 10.7 Å². The molecule has 0 aliphatic heterocycles. The number of aliphatic carboxylic acids is 3. The molecule has 0 unspecified atom stereocenters. The van der Waals surface area contributed by atoms with E-state index in [-0.39, 0.29) is 36.3 Å². The summed E-state index contributed by atoms with van der Waals surface area (Å²) in [6, 6.07) is 14.3. The van der Waals surface area contributed by atoms with Crippen LogP contribution in [-0.2, 0) is 40.3 Å². The van der Waals surface area contributed by atoms with E-state index >= 15 is 0 Å². The van der Waals surface area contributed by atoms with Crippen molar-refractivity contribution in [1.82, 2.24) is 30.2 Å². The Morgan fingerprint density at radius 1 is 0.621 bits per heavy atom. The maximum absolute atomic E-state index is 12.7. The van der Waals surface area contributed by atoms with Crippen molar-refractivity contribution in [1.29, 1.82) is 0 Å². The highest BCUT2D eigenvalue weighted by molar-refractivity contribution is 6.31. The van der Waals surface area contributed by atoms with E-state index in [4.69, 9.17) is 38.5 Å². The minimum atomic E-state index is -1.45. The SMILES string of the molecule is CCCCCCn1nc(C(=O)N[C@@H](CC(=O)O)Cc2ccccc2Cl)cc1C(=O)O.O=C(O)C[C@@H](Cc1ccccc1Cl)NC(=O)c1cc(C(=O)O)n(CC(=O)O)n1. The van der Waals surface area contributed by atoms with Gasteiger partial charge in [0.2, 0.25) is 0 Å². The number of aryl methyl sites for hydroxylation is 1. The fourth-order valence-corrected chi connectivity index (χ4v) is 6.08. The lowest BCUT2D eigenvalue weighted by molar-refractivity contribution is -0.138. The number of benzene rings is 2. The minimum absolute atomic E-state index is 0.0579. The van der Waals surface area contributed by atoms with Gasteiger partial charge in [0.15, 0.2) is 11.4 Å². The normalized spacial score (nSPS) is 11.7. The van der Waals surface area contributed by atoms with E-state index in [1.807, 2.05) is 0 Å². The Balaban J connectivity index is 0.000000311. The standard InChI is InChI=1S/C21H26ClN3O5.C17H16ClN3O7/c1-2-3-4-7-10-25-18(21(29)30)13-17(24-25)20(28)23-15(12-19(26)27)11-14-8-5-6-9-16(14)22;18-11-4-2-1-3-9(11)5-10(6-14(22)23)19-16(26)12-7-13(17(27)28)21(20-12)8-15(24)25/h5-6,8-9,13,15H,2-4,7,10-12H2,1H3,(H,23,28)(H,26,27)(H,29,30);1-4,7,10H,5-6,8H2,(H,19,26)(H,22,23)(H,24,25)(H,27,28)/t15-;10-/m11/s1. The van der Waals surface area contributed by atoms with Crippen molar-refractivity contribution in [3.63, 3.8) is 0 Å². The number of aromatic carboxylic acids is 2. The molecule has 0 fully saturated rings. The van der Waals surface area contributed by atoms with Crippen LogP contribution in [0.25, 0.3) is 0 Å². The summed E-state index contributed by atoms with van der Waals surface area (Å²) in [5.74, 6) is -7.63. The molecule has 0 aliphatic carbocycles. The first-order valence-electron chi connectivity index (χ1n) is 17.8. The van der Waals surface area contributed by atoms with Gasteiger partial charge in [-0.1, -0.05) is 85.8 Å². The van der Waals surface area contributed by atoms with E-state index in [9.17, 15) is 43.8 Å². The molecule has 4 aromatic rings. The Morgan fingerprint density at radius 2 is 1.05 bits per heavy atom. The van der Waals surface area contributed by atoms with E-state index in [0.29, 0.717) is 32.4 Å². The number of unbranched alkanes of at least 4 members (excludes halogenated alkanes) is 3. The molecule has 2 aromatic carbocycles. The van der Waals surface area contributed by atoms with Crippen molar-refractivity contribution in [2.24, 2.45) is 0 Å². The van der Waals surface area contributed by atoms with Gasteiger partial charge >= 0.3 is 29.8 Å². The van der Waals surface area contributed by atoms with Crippen LogP contribution in [0.15, 0.2) is 60.7 Å². The molecule has 20 heteroatoms. The smallest absolute Gasteiger partial charge is 0.354 e. The lowest BCUT2D eigenvalue weighted by Gasteiger charge is -2.17. The monoisotopic (exact) mass is 844 g/mol. The number of aromatic nitrogens is 4. The minimum Gasteiger partial charge on any atom is -0.481 e. The largest absolute Gasteiger partial charge is 0.481 e. The third-order valence-corrected chi connectivity index (χ3v) is 9.07. The Morgan fingerprint density at radius 3 is 1.45 bits per heavy atom. The maximum atomic E-state index is 12.7. The Kier molecular flexibility index (Phi) is 17.9. The van der Waals surface area contributed by atoms with Gasteiger partial charge in [0, 0.05) is 40.8 Å². The first-order chi connectivity index (χ1) is 27.5. The lowest BCUT2D eigenvalue weighted by atomic mass is 10.0. The van der Waals surface area contributed by atoms with Gasteiger partial charge in [0.25, 0.3) is 11.8 Å². The van der Waals surface area contributed by atoms with Gasteiger partial charge < -0.3 is 36.2 Å². The highest BCUT2D eigenvalue weighted by atomic mass is 35.5. The summed E-state index contributed by atoms with van der Waals surface area (Å²) in [4.78, 5) is 81.0. The molecule has 0 saturated carbocycles. The fraction of sp³-hybridized carbons (Fsp3) is 0.342. The number of nitrogens with one attached hydrogen (secondary N) is 2. The van der Waals surface area contributed by atoms with Crippen LogP contribution in [0, 0.1) is 0 Å². The zero-order valence-electron chi connectivity index (χ0n) is 31.1. The number of rotatable bonds is 21. The van der Waals surface area contributed by atoms with Crippen LogP contribution in [-0.4, -0.2) is 98.8 Å². The molecule has 4 rings (SSSR count). The molecule has 0 bridgehead atoms. The number of carboxylic acid groups (broad SMARTS) is 5. The molecule has 2 atom stereocenters. The first kappa shape index (κ1) is 46.1. The number of carbonyl (C=O) groups is 7. The number of hydrogen-bond donors (Lipinski definition) is 7. The summed E-state index contributed by atoms with van der Waals surface area (Å²) in [5.41, 5.74) is 0.383. The van der Waals surface area contributed by atoms with Crippen molar-refractivity contribution < 1.29 is 59.1 Å². The second kappa shape index (κ2) is 22.5. The molecule has 2 aromatic heterocycles. The van der Waals surface area contributed by atoms with Gasteiger partial charge in [-0.2, -0.15) is 10.2 Å². The number of halogens is 2. The Bertz CT molecular complexity index is 2120. The highest BCUT2D eigenvalue weighted by Crippen LogP contribution is 2.20. The van der Waals surface area contributed by atoms with Crippen molar-refractivity contribution >= 4 is 64.9 Å². The van der Waals surface area contributed by atoms with Crippen molar-refractivity contribution in [3.8, 4) is 0 Å². The van der Waals surface area contributed by atoms with Gasteiger partial charge in [-0.05, 0) is 42.5 Å². The molecule has 310 valence electrons. The summed E-state index contributed by atoms with van der Waals surface area (Å²) >= 11 is 12.2. The number of carbonyl (C=O) groups excluding carboxylic acids is 2. The first-order valence-corrected chi connectivity index (χ1v) is 18.6. The molecule has 18 nitrogen and oxygen atoms in total. The van der Waals surface area contributed by atoms with Crippen molar-refractivity contribution in [2.45, 2.75) is 83.5 Å². The molecule has 2 heterocycles. The van der Waals surface area contributed by atoms with Gasteiger partial charge in [-0.25, -0.2) is 14.3 Å². The molecule has 2 amide bonds. The molecule has 0 radical (unpaired) electrons. The third-order valence-electron chi connectivity index (χ3n) is 8.33. The summed E-state index contributed by atoms with van der Waals surface area (Å²) in [5, 5.41) is 59.5. The van der Waals surface area contributed by atoms with Gasteiger partial charge in [-0.15, -0.1) is 0 Å². The molecule has 0 aliphatic rings. The number of carboxylic acids is 5. The van der Waals surface area contributed by atoms with Crippen molar-refractivity contribution in [3.05, 3.63) is 105 Å². The van der Waals surface area contributed by atoms with Crippen LogP contribution in [0.2, 0.25) is 10.0 Å². The second-order valence-electron chi connectivity index (χ2n) is 12.9. The van der Waals surface area contributed by atoms with Gasteiger partial charge in [0.05, 0.1) is 12.8 Å². The zero-order valence-corrected chi connectivity index (χ0v) is 32.6. The topological polar surface area (TPSA) is 280 Å². The average molecular weight is 846 g/mol. The van der Waals surface area contributed by atoms with E-state index in [2.05, 4.69) is 27.8 Å². The number of amides is 2. The van der Waals surface area contributed by atoms with Crippen LogP contribution in [0.1, 0.15) is 98.5 Å². The number of hydrogen-bond acceptors (Lipinski definition) is 9. The van der Waals surface area contributed by atoms with Crippen molar-refractivity contribution in [2.75, 3.05) is 0 Å². The predicted octanol–water partition coefficient (Wildman–Crippen LogP) is 4.77. The summed E-state index contributed by atoms with van der Waals surface area (Å²) in [7, 11) is 0. The Labute approximate surface area is 341 Å². The van der Waals surface area contributed by atoms with Crippen LogP contribution >= 0.6 is 23.2 Å². The van der Waals surface area contributed by atoms with Gasteiger partial charge in [-0.3, -0.25) is 28.7 Å². The fourth-order valence-electron chi connectivity index (χ4n) is 5.65. The highest BCUT2D eigenvalue weighted by Gasteiger charge is 2.25. The maximum Gasteiger partial charge on any atom is 0.354 e. The zero-order chi connectivity index (χ0) is 42.9. The van der Waals surface area contributed by atoms with E-state index in [0.717, 1.165) is 31.7 Å². The van der Waals surface area contributed by atoms with Crippen LogP contribution in [0.3, 0.4) is 0 Å². The third kappa shape index (κ3) is 14.7. The summed E-state index contributed by atoms with van der Waals surface area (Å²) in [6.07, 6.45) is 3.42. The number of nitrogens with zero attached hydrogens (tertiary/aromatic N) is 4. The van der Waals surface area contributed by atoms with E-state index < -0.39 is 72.4 Å². The van der Waals surface area contributed by atoms with Crippen LogP contribution < -0.4 is 10.6 Å². The van der Waals surface area contributed by atoms with Crippen LogP contribution in [0.4, 0.5) is 0 Å². The quantitative estimate of drug-likeness (QED) is 0.0557. The predicted molar refractivity (Wildman–Crippen MR) is 207 cm³/mol. The molecule has 58 heavy (non-hydrogen) atoms. The molecular weight excluding hydrogens is 803 g/mol. The lowest BCUT2D eigenvalue weighted by Crippen LogP contribution is -2.38. The van der Waals surface area contributed by atoms with E-state index in [1.54, 1.807) is 48.5 Å². The van der Waals surface area contributed by atoms with Gasteiger partial charge in [0.1, 0.15) is 17.9 Å². The summed E-state index contributed by atoms with van der Waals surface area (Å²) < 4.78 is 1.98. The molecule has 7 N–H and O–H groups in total. The molecule has 0 spiro atoms.